The van der Waals surface area contributed by atoms with E-state index in [2.05, 4.69) is 18.7 Å². The molecular formula is C19H24ClN3O. The molecule has 0 aliphatic rings. The number of carbonyl (C=O) groups excluding carboxylic acids is 1. The van der Waals surface area contributed by atoms with E-state index >= 15 is 0 Å². The van der Waals surface area contributed by atoms with E-state index in [1.54, 1.807) is 6.08 Å². The summed E-state index contributed by atoms with van der Waals surface area (Å²) < 4.78 is 2.00. The lowest BCUT2D eigenvalue weighted by Gasteiger charge is -2.30. The Morgan fingerprint density at radius 3 is 2.62 bits per heavy atom. The summed E-state index contributed by atoms with van der Waals surface area (Å²) in [4.78, 5) is 17.9. The van der Waals surface area contributed by atoms with Crippen LogP contribution in [-0.4, -0.2) is 21.9 Å². The Morgan fingerprint density at radius 2 is 2.04 bits per heavy atom. The van der Waals surface area contributed by atoms with Crippen LogP contribution in [0.3, 0.4) is 0 Å². The zero-order chi connectivity index (χ0) is 17.7. The molecule has 5 heteroatoms. The summed E-state index contributed by atoms with van der Waals surface area (Å²) >= 11 is 5.96. The van der Waals surface area contributed by atoms with E-state index in [9.17, 15) is 4.79 Å². The fourth-order valence-corrected chi connectivity index (χ4v) is 2.99. The summed E-state index contributed by atoms with van der Waals surface area (Å²) in [5.74, 6) is 0.830. The van der Waals surface area contributed by atoms with Crippen LogP contribution in [0.5, 0.6) is 0 Å². The van der Waals surface area contributed by atoms with Gasteiger partial charge in [-0.3, -0.25) is 4.79 Å². The molecule has 0 saturated heterocycles. The van der Waals surface area contributed by atoms with Gasteiger partial charge in [-0.2, -0.15) is 0 Å². The Bertz CT molecular complexity index is 719. The van der Waals surface area contributed by atoms with E-state index < -0.39 is 0 Å². The minimum Gasteiger partial charge on any atom is -0.319 e. The largest absolute Gasteiger partial charge is 0.319 e. The lowest BCUT2D eigenvalue weighted by molar-refractivity contribution is -0.104. The Balaban J connectivity index is 2.45. The number of imidazole rings is 1. The zero-order valence-corrected chi connectivity index (χ0v) is 15.4. The van der Waals surface area contributed by atoms with Crippen molar-refractivity contribution in [3.63, 3.8) is 0 Å². The van der Waals surface area contributed by atoms with Crippen molar-refractivity contribution in [3.05, 3.63) is 47.3 Å². The van der Waals surface area contributed by atoms with E-state index in [4.69, 9.17) is 16.6 Å². The summed E-state index contributed by atoms with van der Waals surface area (Å²) in [7, 11) is 1.97. The van der Waals surface area contributed by atoms with Crippen molar-refractivity contribution in [1.29, 1.82) is 0 Å². The normalized spacial score (nSPS) is 13.0. The topological polar surface area (TPSA) is 38.1 Å². The number of anilines is 1. The fraction of sp³-hybridized carbons (Fsp3) is 0.368. The van der Waals surface area contributed by atoms with Gasteiger partial charge in [0.25, 0.3) is 0 Å². The molecule has 0 spiro atoms. The lowest BCUT2D eigenvalue weighted by atomic mass is 10.1. The average molecular weight is 346 g/mol. The Hall–Kier alpha value is -2.07. The number of aryl methyl sites for hydroxylation is 1. The third-order valence-electron chi connectivity index (χ3n) is 4.04. The minimum absolute atomic E-state index is 0.255. The second-order valence-corrected chi connectivity index (χ2v) is 6.43. The van der Waals surface area contributed by atoms with E-state index in [0.29, 0.717) is 5.02 Å². The number of aldehydes is 1. The van der Waals surface area contributed by atoms with Crippen molar-refractivity contribution in [2.24, 2.45) is 7.05 Å². The summed E-state index contributed by atoms with van der Waals surface area (Å²) in [6.45, 7) is 6.25. The predicted octanol–water partition coefficient (Wildman–Crippen LogP) is 4.84. The summed E-state index contributed by atoms with van der Waals surface area (Å²) in [6, 6.07) is 7.90. The van der Waals surface area contributed by atoms with Gasteiger partial charge in [0, 0.05) is 35.6 Å². The Morgan fingerprint density at radius 1 is 1.38 bits per heavy atom. The maximum absolute atomic E-state index is 10.9. The van der Waals surface area contributed by atoms with Crippen LogP contribution >= 0.6 is 11.6 Å². The number of aromatic nitrogens is 2. The van der Waals surface area contributed by atoms with Crippen molar-refractivity contribution in [1.82, 2.24) is 9.55 Å². The monoisotopic (exact) mass is 345 g/mol. The first kappa shape index (κ1) is 18.3. The molecule has 1 atom stereocenters. The van der Waals surface area contributed by atoms with Crippen molar-refractivity contribution in [2.75, 3.05) is 4.90 Å². The molecule has 0 fully saturated rings. The number of benzene rings is 1. The molecule has 1 heterocycles. The van der Waals surface area contributed by atoms with Gasteiger partial charge in [0.15, 0.2) is 0 Å². The first-order valence-electron chi connectivity index (χ1n) is 8.18. The van der Waals surface area contributed by atoms with Crippen LogP contribution in [0.1, 0.15) is 33.6 Å². The Labute approximate surface area is 148 Å². The third-order valence-corrected chi connectivity index (χ3v) is 4.30. The van der Waals surface area contributed by atoms with Crippen LogP contribution < -0.4 is 4.90 Å². The smallest absolute Gasteiger partial charge is 0.210 e. The molecule has 0 bridgehead atoms. The molecule has 0 N–H and O–H groups in total. The highest BCUT2D eigenvalue weighted by atomic mass is 35.5. The van der Waals surface area contributed by atoms with Crippen LogP contribution in [0.15, 0.2) is 42.2 Å². The SMILES string of the molecule is CCCC(C)N(/C(C)=C\C=O)c1nc(-c2ccc(Cl)cc2)cn1C. The predicted molar refractivity (Wildman–Crippen MR) is 100 cm³/mol. The molecule has 0 aliphatic heterocycles. The maximum Gasteiger partial charge on any atom is 0.210 e. The highest BCUT2D eigenvalue weighted by Gasteiger charge is 2.21. The van der Waals surface area contributed by atoms with Crippen LogP contribution in [0.25, 0.3) is 11.3 Å². The van der Waals surface area contributed by atoms with Crippen molar-refractivity contribution in [3.8, 4) is 11.3 Å². The first-order valence-corrected chi connectivity index (χ1v) is 8.56. The molecule has 1 aromatic carbocycles. The quantitative estimate of drug-likeness (QED) is 0.532. The van der Waals surface area contributed by atoms with Gasteiger partial charge in [0.1, 0.15) is 6.29 Å². The van der Waals surface area contributed by atoms with Gasteiger partial charge >= 0.3 is 0 Å². The van der Waals surface area contributed by atoms with Crippen LogP contribution in [0.4, 0.5) is 5.95 Å². The molecule has 0 saturated carbocycles. The second-order valence-electron chi connectivity index (χ2n) is 6.00. The average Bonchev–Trinajstić information content (AvgIpc) is 2.90. The van der Waals surface area contributed by atoms with E-state index in [1.165, 1.54) is 0 Å². The molecule has 24 heavy (non-hydrogen) atoms. The van der Waals surface area contributed by atoms with Gasteiger partial charge in [0.05, 0.1) is 5.69 Å². The number of carbonyl (C=O) groups is 1. The molecular weight excluding hydrogens is 322 g/mol. The number of rotatable bonds is 7. The van der Waals surface area contributed by atoms with Gasteiger partial charge in [0.2, 0.25) is 5.95 Å². The van der Waals surface area contributed by atoms with E-state index in [-0.39, 0.29) is 6.04 Å². The highest BCUT2D eigenvalue weighted by molar-refractivity contribution is 6.30. The molecule has 0 aliphatic carbocycles. The molecule has 128 valence electrons. The van der Waals surface area contributed by atoms with Crippen molar-refractivity contribution < 1.29 is 4.79 Å². The van der Waals surface area contributed by atoms with Gasteiger partial charge < -0.3 is 9.47 Å². The summed E-state index contributed by atoms with van der Waals surface area (Å²) in [6.07, 6.45) is 6.50. The van der Waals surface area contributed by atoms with E-state index in [1.807, 2.05) is 49.0 Å². The fourth-order valence-electron chi connectivity index (χ4n) is 2.87. The van der Waals surface area contributed by atoms with Crippen LogP contribution in [0.2, 0.25) is 5.02 Å². The number of halogens is 1. The molecule has 2 rings (SSSR count). The molecule has 1 aromatic heterocycles. The molecule has 2 aromatic rings. The highest BCUT2D eigenvalue weighted by Crippen LogP contribution is 2.27. The van der Waals surface area contributed by atoms with Crippen LogP contribution in [-0.2, 0) is 11.8 Å². The van der Waals surface area contributed by atoms with Crippen molar-refractivity contribution in [2.45, 2.75) is 39.7 Å². The number of allylic oxidation sites excluding steroid dienone is 2. The van der Waals surface area contributed by atoms with E-state index in [0.717, 1.165) is 42.0 Å². The van der Waals surface area contributed by atoms with Gasteiger partial charge in [-0.1, -0.05) is 37.1 Å². The number of hydrogen-bond acceptors (Lipinski definition) is 3. The van der Waals surface area contributed by atoms with Crippen molar-refractivity contribution >= 4 is 23.8 Å². The number of nitrogens with zero attached hydrogens (tertiary/aromatic N) is 3. The molecule has 0 radical (unpaired) electrons. The Kier molecular flexibility index (Phi) is 6.21. The lowest BCUT2D eigenvalue weighted by Crippen LogP contribution is -2.33. The zero-order valence-electron chi connectivity index (χ0n) is 14.7. The molecule has 0 amide bonds. The van der Waals surface area contributed by atoms with Gasteiger partial charge in [-0.25, -0.2) is 4.98 Å². The number of hydrogen-bond donors (Lipinski definition) is 0. The molecule has 1 unspecified atom stereocenters. The minimum atomic E-state index is 0.255. The van der Waals surface area contributed by atoms with Gasteiger partial charge in [-0.15, -0.1) is 0 Å². The standard InChI is InChI=1S/C19H24ClN3O/c1-5-6-14(2)23(15(3)11-12-24)19-21-18(13-22(19)4)16-7-9-17(20)10-8-16/h7-14H,5-6H2,1-4H3/b15-11-. The van der Waals surface area contributed by atoms with Gasteiger partial charge in [-0.05, 0) is 38.5 Å². The maximum atomic E-state index is 10.9. The molecule has 4 nitrogen and oxygen atoms in total. The second kappa shape index (κ2) is 8.15. The third kappa shape index (κ3) is 4.06. The summed E-state index contributed by atoms with van der Waals surface area (Å²) in [5, 5.41) is 0.706. The summed E-state index contributed by atoms with van der Waals surface area (Å²) in [5.41, 5.74) is 2.79. The van der Waals surface area contributed by atoms with Crippen LogP contribution in [0, 0.1) is 0 Å². The first-order chi connectivity index (χ1) is 11.5.